The molecule has 2 aromatic carbocycles. The van der Waals surface area contributed by atoms with Gasteiger partial charge in [0, 0.05) is 0 Å². The van der Waals surface area contributed by atoms with E-state index in [1.165, 1.54) is 5.56 Å². The Kier molecular flexibility index (Phi) is 4.63. The van der Waals surface area contributed by atoms with Gasteiger partial charge >= 0.3 is 5.97 Å². The molecule has 1 N–H and O–H groups in total. The van der Waals surface area contributed by atoms with Gasteiger partial charge in [-0.2, -0.15) is 0 Å². The second-order valence-electron chi connectivity index (χ2n) is 5.47. The van der Waals surface area contributed by atoms with E-state index < -0.39 is 5.97 Å². The normalized spacial score (nSPS) is 10.7. The molecule has 0 unspecified atom stereocenters. The molecule has 110 valence electrons. The number of ether oxygens (including phenoxy) is 1. The zero-order chi connectivity index (χ0) is 15.4. The summed E-state index contributed by atoms with van der Waals surface area (Å²) in [5, 5.41) is 8.87. The van der Waals surface area contributed by atoms with Crippen molar-refractivity contribution in [1.29, 1.82) is 0 Å². The molecular weight excluding hydrogens is 264 g/mol. The van der Waals surface area contributed by atoms with E-state index in [0.717, 1.165) is 16.9 Å². The van der Waals surface area contributed by atoms with Crippen LogP contribution in [0.25, 0.3) is 0 Å². The number of hydrogen-bond acceptors (Lipinski definition) is 2. The average Bonchev–Trinajstić information content (AvgIpc) is 2.46. The summed E-state index contributed by atoms with van der Waals surface area (Å²) in [5.74, 6) is 0.425. The first-order chi connectivity index (χ1) is 9.97. The molecule has 0 aliphatic carbocycles. The fraction of sp³-hybridized carbons (Fsp3) is 0.278. The SMILES string of the molecule is Cc1ccc(C(C)C)cc1OCc1ccc(C(=O)O)cc1. The van der Waals surface area contributed by atoms with Crippen molar-refractivity contribution in [1.82, 2.24) is 0 Å². The predicted molar refractivity (Wildman–Crippen MR) is 83.0 cm³/mol. The largest absolute Gasteiger partial charge is 0.489 e. The first kappa shape index (κ1) is 15.1. The molecule has 0 atom stereocenters. The van der Waals surface area contributed by atoms with E-state index in [4.69, 9.17) is 9.84 Å². The molecule has 21 heavy (non-hydrogen) atoms. The number of aryl methyl sites for hydroxylation is 1. The number of aromatic carboxylic acids is 1. The minimum Gasteiger partial charge on any atom is -0.489 e. The Labute approximate surface area is 125 Å². The number of carboxylic acids is 1. The highest BCUT2D eigenvalue weighted by molar-refractivity contribution is 5.87. The van der Waals surface area contributed by atoms with Gasteiger partial charge in [-0.15, -0.1) is 0 Å². The molecule has 0 aliphatic heterocycles. The number of rotatable bonds is 5. The van der Waals surface area contributed by atoms with Crippen molar-refractivity contribution in [3.8, 4) is 5.75 Å². The summed E-state index contributed by atoms with van der Waals surface area (Å²) in [4.78, 5) is 10.8. The van der Waals surface area contributed by atoms with Crippen molar-refractivity contribution < 1.29 is 14.6 Å². The molecule has 0 aliphatic rings. The third-order valence-electron chi connectivity index (χ3n) is 3.47. The molecule has 2 aromatic rings. The van der Waals surface area contributed by atoms with Crippen LogP contribution in [0.5, 0.6) is 5.75 Å². The lowest BCUT2D eigenvalue weighted by Crippen LogP contribution is -2.00. The summed E-state index contributed by atoms with van der Waals surface area (Å²) in [5.41, 5.74) is 3.59. The van der Waals surface area contributed by atoms with Crippen LogP contribution in [0, 0.1) is 6.92 Å². The fourth-order valence-electron chi connectivity index (χ4n) is 2.04. The van der Waals surface area contributed by atoms with E-state index in [9.17, 15) is 4.79 Å². The van der Waals surface area contributed by atoms with Crippen LogP contribution in [0.2, 0.25) is 0 Å². The topological polar surface area (TPSA) is 46.5 Å². The van der Waals surface area contributed by atoms with Crippen LogP contribution in [-0.2, 0) is 6.61 Å². The molecule has 0 heterocycles. The molecule has 0 fully saturated rings. The van der Waals surface area contributed by atoms with E-state index in [2.05, 4.69) is 32.0 Å². The Balaban J connectivity index is 2.08. The molecule has 0 amide bonds. The summed E-state index contributed by atoms with van der Waals surface area (Å²) >= 11 is 0. The first-order valence-electron chi connectivity index (χ1n) is 7.03. The minimum atomic E-state index is -0.914. The second-order valence-corrected chi connectivity index (χ2v) is 5.47. The zero-order valence-corrected chi connectivity index (χ0v) is 12.6. The van der Waals surface area contributed by atoms with Gasteiger partial charge in [0.05, 0.1) is 5.56 Å². The molecule has 0 spiro atoms. The van der Waals surface area contributed by atoms with Crippen molar-refractivity contribution in [2.45, 2.75) is 33.3 Å². The Bertz CT molecular complexity index is 627. The molecule has 0 saturated heterocycles. The maximum Gasteiger partial charge on any atom is 0.335 e. The first-order valence-corrected chi connectivity index (χ1v) is 7.03. The Morgan fingerprint density at radius 1 is 1.14 bits per heavy atom. The highest BCUT2D eigenvalue weighted by Crippen LogP contribution is 2.25. The van der Waals surface area contributed by atoms with Crippen LogP contribution in [0.4, 0.5) is 0 Å². The maximum atomic E-state index is 10.8. The van der Waals surface area contributed by atoms with Crippen molar-refractivity contribution in [2.75, 3.05) is 0 Å². The van der Waals surface area contributed by atoms with Crippen LogP contribution < -0.4 is 4.74 Å². The van der Waals surface area contributed by atoms with Crippen molar-refractivity contribution in [3.63, 3.8) is 0 Å². The van der Waals surface area contributed by atoms with Crippen LogP contribution in [0.1, 0.15) is 46.8 Å². The maximum absolute atomic E-state index is 10.8. The highest BCUT2D eigenvalue weighted by atomic mass is 16.5. The average molecular weight is 284 g/mol. The van der Waals surface area contributed by atoms with Gasteiger partial charge in [-0.3, -0.25) is 0 Å². The van der Waals surface area contributed by atoms with Gasteiger partial charge in [-0.25, -0.2) is 4.79 Å². The van der Waals surface area contributed by atoms with Crippen LogP contribution in [-0.4, -0.2) is 11.1 Å². The Morgan fingerprint density at radius 3 is 2.38 bits per heavy atom. The summed E-state index contributed by atoms with van der Waals surface area (Å²) < 4.78 is 5.87. The van der Waals surface area contributed by atoms with E-state index in [1.54, 1.807) is 24.3 Å². The number of carboxylic acid groups (broad SMARTS) is 1. The van der Waals surface area contributed by atoms with Crippen molar-refractivity contribution in [3.05, 3.63) is 64.7 Å². The summed E-state index contributed by atoms with van der Waals surface area (Å²) in [6.07, 6.45) is 0. The molecule has 3 heteroatoms. The quantitative estimate of drug-likeness (QED) is 0.885. The molecule has 0 bridgehead atoms. The van der Waals surface area contributed by atoms with Gasteiger partial charge in [0.15, 0.2) is 0 Å². The van der Waals surface area contributed by atoms with Gasteiger partial charge in [0.25, 0.3) is 0 Å². The van der Waals surface area contributed by atoms with Crippen molar-refractivity contribution >= 4 is 5.97 Å². The van der Waals surface area contributed by atoms with Gasteiger partial charge in [0.1, 0.15) is 12.4 Å². The van der Waals surface area contributed by atoms with Gasteiger partial charge in [0.2, 0.25) is 0 Å². The molecule has 0 aromatic heterocycles. The lowest BCUT2D eigenvalue weighted by molar-refractivity contribution is 0.0697. The van der Waals surface area contributed by atoms with E-state index in [0.29, 0.717) is 12.5 Å². The molecule has 0 saturated carbocycles. The zero-order valence-electron chi connectivity index (χ0n) is 12.6. The Hall–Kier alpha value is -2.29. The third kappa shape index (κ3) is 3.85. The molecule has 2 rings (SSSR count). The van der Waals surface area contributed by atoms with Gasteiger partial charge in [-0.1, -0.05) is 38.1 Å². The summed E-state index contributed by atoms with van der Waals surface area (Å²) in [6, 6.07) is 13.0. The number of hydrogen-bond donors (Lipinski definition) is 1. The van der Waals surface area contributed by atoms with Crippen molar-refractivity contribution in [2.24, 2.45) is 0 Å². The van der Waals surface area contributed by atoms with Crippen LogP contribution in [0.15, 0.2) is 42.5 Å². The monoisotopic (exact) mass is 284 g/mol. The lowest BCUT2D eigenvalue weighted by atomic mass is 10.0. The molecule has 0 radical (unpaired) electrons. The summed E-state index contributed by atoms with van der Waals surface area (Å²) in [7, 11) is 0. The number of benzene rings is 2. The van der Waals surface area contributed by atoms with E-state index >= 15 is 0 Å². The van der Waals surface area contributed by atoms with Crippen LogP contribution >= 0.6 is 0 Å². The van der Waals surface area contributed by atoms with Gasteiger partial charge in [-0.05, 0) is 47.7 Å². The van der Waals surface area contributed by atoms with Crippen LogP contribution in [0.3, 0.4) is 0 Å². The second kappa shape index (κ2) is 6.44. The van der Waals surface area contributed by atoms with E-state index in [-0.39, 0.29) is 5.56 Å². The number of carbonyl (C=O) groups is 1. The fourth-order valence-corrected chi connectivity index (χ4v) is 2.04. The minimum absolute atomic E-state index is 0.289. The standard InChI is InChI=1S/C18H20O3/c1-12(2)16-7-4-13(3)17(10-16)21-11-14-5-8-15(9-6-14)18(19)20/h4-10,12H,11H2,1-3H3,(H,19,20). The predicted octanol–water partition coefficient (Wildman–Crippen LogP) is 4.40. The van der Waals surface area contributed by atoms with E-state index in [1.807, 2.05) is 6.92 Å². The Morgan fingerprint density at radius 2 is 1.81 bits per heavy atom. The smallest absolute Gasteiger partial charge is 0.335 e. The summed E-state index contributed by atoms with van der Waals surface area (Å²) in [6.45, 7) is 6.76. The van der Waals surface area contributed by atoms with Gasteiger partial charge < -0.3 is 9.84 Å². The third-order valence-corrected chi connectivity index (χ3v) is 3.47. The lowest BCUT2D eigenvalue weighted by Gasteiger charge is -2.13. The highest BCUT2D eigenvalue weighted by Gasteiger charge is 2.06. The molecule has 3 nitrogen and oxygen atoms in total. The molecular formula is C18H20O3.